The molecule has 0 aliphatic heterocycles. The van der Waals surface area contributed by atoms with Gasteiger partial charge in [0.15, 0.2) is 0 Å². The van der Waals surface area contributed by atoms with Gasteiger partial charge < -0.3 is 5.32 Å². The van der Waals surface area contributed by atoms with Gasteiger partial charge in [-0.3, -0.25) is 0 Å². The van der Waals surface area contributed by atoms with Crippen molar-refractivity contribution in [2.24, 2.45) is 11.8 Å². The van der Waals surface area contributed by atoms with E-state index in [-0.39, 0.29) is 0 Å². The van der Waals surface area contributed by atoms with Crippen LogP contribution in [-0.4, -0.2) is 6.54 Å². The second-order valence-electron chi connectivity index (χ2n) is 6.54. The molecular formula is C18H29N. The number of rotatable bonds is 5. The molecule has 0 saturated heterocycles. The van der Waals surface area contributed by atoms with Crippen molar-refractivity contribution in [2.75, 3.05) is 6.54 Å². The van der Waals surface area contributed by atoms with Crippen molar-refractivity contribution < 1.29 is 0 Å². The highest BCUT2D eigenvalue weighted by molar-refractivity contribution is 5.27. The van der Waals surface area contributed by atoms with Crippen LogP contribution in [0.15, 0.2) is 24.3 Å². The van der Waals surface area contributed by atoms with Crippen LogP contribution in [0, 0.1) is 11.8 Å². The molecule has 1 N–H and O–H groups in total. The zero-order valence-electron chi connectivity index (χ0n) is 12.9. The molecular weight excluding hydrogens is 230 g/mol. The van der Waals surface area contributed by atoms with E-state index in [0.29, 0.717) is 12.0 Å². The number of hydrogen-bond acceptors (Lipinski definition) is 1. The summed E-state index contributed by atoms with van der Waals surface area (Å²) in [5.74, 6) is 2.35. The first-order valence-electron chi connectivity index (χ1n) is 7.95. The fourth-order valence-electron chi connectivity index (χ4n) is 3.42. The van der Waals surface area contributed by atoms with Crippen molar-refractivity contribution in [1.29, 1.82) is 0 Å². The third-order valence-electron chi connectivity index (χ3n) is 4.59. The molecule has 0 heterocycles. The zero-order chi connectivity index (χ0) is 13.8. The first-order chi connectivity index (χ1) is 9.11. The first kappa shape index (κ1) is 14.6. The Morgan fingerprint density at radius 1 is 1.11 bits per heavy atom. The Balaban J connectivity index is 2.14. The van der Waals surface area contributed by atoms with Gasteiger partial charge >= 0.3 is 0 Å². The van der Waals surface area contributed by atoms with E-state index in [4.69, 9.17) is 0 Å². The highest BCUT2D eigenvalue weighted by Gasteiger charge is 2.29. The quantitative estimate of drug-likeness (QED) is 0.793. The van der Waals surface area contributed by atoms with E-state index in [2.05, 4.69) is 57.3 Å². The average molecular weight is 259 g/mol. The summed E-state index contributed by atoms with van der Waals surface area (Å²) in [5, 5.41) is 3.71. The number of nitrogens with one attached hydrogen (secondary N) is 1. The van der Waals surface area contributed by atoms with Gasteiger partial charge in [0.2, 0.25) is 0 Å². The van der Waals surface area contributed by atoms with E-state index in [9.17, 15) is 0 Å². The Bertz CT molecular complexity index is 379. The minimum absolute atomic E-state index is 0.552. The molecule has 106 valence electrons. The summed E-state index contributed by atoms with van der Waals surface area (Å²) in [7, 11) is 0. The maximum atomic E-state index is 3.71. The van der Waals surface area contributed by atoms with Crippen LogP contribution in [0.1, 0.15) is 70.0 Å². The van der Waals surface area contributed by atoms with Gasteiger partial charge in [0.25, 0.3) is 0 Å². The van der Waals surface area contributed by atoms with Crippen molar-refractivity contribution in [3.8, 4) is 0 Å². The largest absolute Gasteiger partial charge is 0.310 e. The normalized spacial score (nSPS) is 24.9. The molecule has 0 amide bonds. The fraction of sp³-hybridized carbons (Fsp3) is 0.667. The van der Waals surface area contributed by atoms with Gasteiger partial charge in [-0.05, 0) is 48.3 Å². The van der Waals surface area contributed by atoms with Crippen molar-refractivity contribution >= 4 is 0 Å². The molecule has 19 heavy (non-hydrogen) atoms. The van der Waals surface area contributed by atoms with E-state index in [1.807, 2.05) is 0 Å². The van der Waals surface area contributed by atoms with Crippen LogP contribution in [0.2, 0.25) is 0 Å². The summed E-state index contributed by atoms with van der Waals surface area (Å²) in [6.07, 6.45) is 4.16. The molecule has 1 nitrogen and oxygen atoms in total. The van der Waals surface area contributed by atoms with Crippen LogP contribution in [0.4, 0.5) is 0 Å². The molecule has 1 heteroatoms. The van der Waals surface area contributed by atoms with Crippen LogP contribution >= 0.6 is 0 Å². The second-order valence-corrected chi connectivity index (χ2v) is 6.54. The molecule has 2 rings (SSSR count). The van der Waals surface area contributed by atoms with Gasteiger partial charge in [-0.25, -0.2) is 0 Å². The average Bonchev–Trinajstić information content (AvgIpc) is 2.82. The molecule has 0 aromatic heterocycles. The minimum Gasteiger partial charge on any atom is -0.310 e. The molecule has 1 aromatic rings. The van der Waals surface area contributed by atoms with Crippen molar-refractivity contribution in [1.82, 2.24) is 5.32 Å². The lowest BCUT2D eigenvalue weighted by molar-refractivity contribution is 0.365. The second kappa shape index (κ2) is 6.56. The van der Waals surface area contributed by atoms with Gasteiger partial charge in [0, 0.05) is 6.04 Å². The third kappa shape index (κ3) is 3.60. The van der Waals surface area contributed by atoms with E-state index in [1.54, 1.807) is 0 Å². The monoisotopic (exact) mass is 259 g/mol. The molecule has 3 atom stereocenters. The van der Waals surface area contributed by atoms with Gasteiger partial charge in [-0.1, -0.05) is 58.4 Å². The number of benzene rings is 1. The Labute approximate surface area is 118 Å². The SMILES string of the molecule is CCNC(c1ccc(C(C)C)cc1)C1CCC(C)C1. The summed E-state index contributed by atoms with van der Waals surface area (Å²) in [5.41, 5.74) is 2.92. The molecule has 1 fully saturated rings. The van der Waals surface area contributed by atoms with Crippen molar-refractivity contribution in [3.63, 3.8) is 0 Å². The molecule has 1 aliphatic carbocycles. The summed E-state index contributed by atoms with van der Waals surface area (Å²) >= 11 is 0. The molecule has 0 bridgehead atoms. The first-order valence-corrected chi connectivity index (χ1v) is 7.95. The fourth-order valence-corrected chi connectivity index (χ4v) is 3.42. The zero-order valence-corrected chi connectivity index (χ0v) is 12.9. The lowest BCUT2D eigenvalue weighted by atomic mass is 9.89. The topological polar surface area (TPSA) is 12.0 Å². The third-order valence-corrected chi connectivity index (χ3v) is 4.59. The Morgan fingerprint density at radius 3 is 2.21 bits per heavy atom. The van der Waals surface area contributed by atoms with Crippen molar-refractivity contribution in [2.45, 2.75) is 58.9 Å². The Morgan fingerprint density at radius 2 is 1.74 bits per heavy atom. The predicted molar refractivity (Wildman–Crippen MR) is 83.5 cm³/mol. The van der Waals surface area contributed by atoms with Crippen molar-refractivity contribution in [3.05, 3.63) is 35.4 Å². The Hall–Kier alpha value is -0.820. The molecule has 3 unspecified atom stereocenters. The summed E-state index contributed by atoms with van der Waals surface area (Å²) in [4.78, 5) is 0. The van der Waals surface area contributed by atoms with Crippen LogP contribution in [-0.2, 0) is 0 Å². The molecule has 1 aromatic carbocycles. The summed E-state index contributed by atoms with van der Waals surface area (Å²) < 4.78 is 0. The standard InChI is InChI=1S/C18H29N/c1-5-19-18(17-7-6-14(4)12-17)16-10-8-15(9-11-16)13(2)3/h8-11,13-14,17-19H,5-7,12H2,1-4H3. The number of hydrogen-bond donors (Lipinski definition) is 1. The summed E-state index contributed by atoms with van der Waals surface area (Å²) in [6.45, 7) is 10.2. The summed E-state index contributed by atoms with van der Waals surface area (Å²) in [6, 6.07) is 9.85. The van der Waals surface area contributed by atoms with E-state index in [0.717, 1.165) is 18.4 Å². The van der Waals surface area contributed by atoms with Crippen LogP contribution < -0.4 is 5.32 Å². The molecule has 1 aliphatic rings. The maximum absolute atomic E-state index is 3.71. The molecule has 0 radical (unpaired) electrons. The van der Waals surface area contributed by atoms with E-state index < -0.39 is 0 Å². The maximum Gasteiger partial charge on any atom is 0.0348 e. The lowest BCUT2D eigenvalue weighted by Crippen LogP contribution is -2.27. The Kier molecular flexibility index (Phi) is 5.04. The predicted octanol–water partition coefficient (Wildman–Crippen LogP) is 4.90. The van der Waals surface area contributed by atoms with Gasteiger partial charge in [-0.2, -0.15) is 0 Å². The van der Waals surface area contributed by atoms with Crippen LogP contribution in [0.5, 0.6) is 0 Å². The molecule has 1 saturated carbocycles. The van der Waals surface area contributed by atoms with Crippen LogP contribution in [0.25, 0.3) is 0 Å². The molecule has 0 spiro atoms. The van der Waals surface area contributed by atoms with Crippen LogP contribution in [0.3, 0.4) is 0 Å². The van der Waals surface area contributed by atoms with E-state index in [1.165, 1.54) is 30.4 Å². The van der Waals surface area contributed by atoms with E-state index >= 15 is 0 Å². The minimum atomic E-state index is 0.552. The smallest absolute Gasteiger partial charge is 0.0348 e. The van der Waals surface area contributed by atoms with Gasteiger partial charge in [-0.15, -0.1) is 0 Å². The lowest BCUT2D eigenvalue weighted by Gasteiger charge is -2.25. The van der Waals surface area contributed by atoms with Gasteiger partial charge in [0.05, 0.1) is 0 Å². The highest BCUT2D eigenvalue weighted by atomic mass is 14.9. The van der Waals surface area contributed by atoms with Gasteiger partial charge in [0.1, 0.15) is 0 Å². The highest BCUT2D eigenvalue weighted by Crippen LogP contribution is 2.39.